The van der Waals surface area contributed by atoms with Crippen molar-refractivity contribution < 1.29 is 8.42 Å². The third kappa shape index (κ3) is 6.48. The molecule has 1 aliphatic rings. The first-order valence-electron chi connectivity index (χ1n) is 9.78. The summed E-state index contributed by atoms with van der Waals surface area (Å²) in [6.07, 6.45) is 1.16. The summed E-state index contributed by atoms with van der Waals surface area (Å²) in [6.45, 7) is 5.36. The lowest BCUT2D eigenvalue weighted by Crippen LogP contribution is -2.40. The summed E-state index contributed by atoms with van der Waals surface area (Å²) in [7, 11) is -3.66. The number of nitrogens with one attached hydrogen (secondary N) is 1. The van der Waals surface area contributed by atoms with Gasteiger partial charge in [0.05, 0.1) is 11.4 Å². The van der Waals surface area contributed by atoms with Crippen LogP contribution in [0.3, 0.4) is 0 Å². The van der Waals surface area contributed by atoms with Crippen LogP contribution in [0.25, 0.3) is 0 Å². The number of rotatable bonds is 7. The molecule has 0 saturated carbocycles. The second kappa shape index (κ2) is 10.1. The number of nitrogens with two attached hydrogens (primary N) is 1. The molecule has 0 aromatic heterocycles. The molecule has 1 unspecified atom stereocenters. The molecule has 3 rings (SSSR count). The van der Waals surface area contributed by atoms with E-state index in [1.54, 1.807) is 12.1 Å². The predicted molar refractivity (Wildman–Crippen MR) is 119 cm³/mol. The van der Waals surface area contributed by atoms with Crippen molar-refractivity contribution in [3.8, 4) is 0 Å². The molecule has 1 aliphatic heterocycles. The van der Waals surface area contributed by atoms with Gasteiger partial charge in [-0.25, -0.2) is 18.5 Å². The normalized spacial score (nSPS) is 17.5. The number of primary sulfonamides is 1. The van der Waals surface area contributed by atoms with Crippen molar-refractivity contribution in [3.63, 3.8) is 0 Å². The number of guanidine groups is 1. The van der Waals surface area contributed by atoms with Crippen LogP contribution in [0.2, 0.25) is 0 Å². The summed E-state index contributed by atoms with van der Waals surface area (Å²) in [5.41, 5.74) is 0.947. The van der Waals surface area contributed by atoms with Gasteiger partial charge in [0.2, 0.25) is 10.0 Å². The number of benzene rings is 2. The number of nitrogens with zero attached hydrogens (tertiary/aromatic N) is 2. The third-order valence-electron chi connectivity index (χ3n) is 4.81. The summed E-state index contributed by atoms with van der Waals surface area (Å²) < 4.78 is 22.8. The van der Waals surface area contributed by atoms with E-state index in [1.165, 1.54) is 17.0 Å². The molecule has 1 fully saturated rings. The van der Waals surface area contributed by atoms with Gasteiger partial charge >= 0.3 is 0 Å². The molecule has 3 N–H and O–H groups in total. The molecule has 6 nitrogen and oxygen atoms in total. The SMILES string of the molecule is CCNC(=NCc1ccc(S(N)(=O)=O)cc1)N1CCC(CSc2ccccc2)C1. The number of sulfonamides is 1. The molecule has 0 amide bonds. The molecular weight excluding hydrogens is 404 g/mol. The van der Waals surface area contributed by atoms with Gasteiger partial charge in [-0.05, 0) is 49.1 Å². The second-order valence-corrected chi connectivity index (χ2v) is 9.74. The average molecular weight is 433 g/mol. The fourth-order valence-electron chi connectivity index (χ4n) is 3.27. The van der Waals surface area contributed by atoms with Gasteiger partial charge in [0.15, 0.2) is 5.96 Å². The Morgan fingerprint density at radius 3 is 2.59 bits per heavy atom. The number of thioether (sulfide) groups is 1. The Balaban J connectivity index is 1.57. The van der Waals surface area contributed by atoms with Crippen LogP contribution >= 0.6 is 11.8 Å². The topological polar surface area (TPSA) is 87.8 Å². The lowest BCUT2D eigenvalue weighted by molar-refractivity contribution is 0.474. The quantitative estimate of drug-likeness (QED) is 0.399. The molecule has 1 atom stereocenters. The minimum atomic E-state index is -3.66. The van der Waals surface area contributed by atoms with E-state index >= 15 is 0 Å². The predicted octanol–water partition coefficient (Wildman–Crippen LogP) is 2.91. The molecular formula is C21H28N4O2S2. The fourth-order valence-corrected chi connectivity index (χ4v) is 4.83. The molecule has 0 radical (unpaired) electrons. The Kier molecular flexibility index (Phi) is 7.57. The third-order valence-corrected chi connectivity index (χ3v) is 6.99. The summed E-state index contributed by atoms with van der Waals surface area (Å²) in [5, 5.41) is 8.53. The highest BCUT2D eigenvalue weighted by atomic mass is 32.2. The lowest BCUT2D eigenvalue weighted by atomic mass is 10.2. The van der Waals surface area contributed by atoms with Crippen LogP contribution in [0.4, 0.5) is 0 Å². The molecule has 2 aromatic rings. The number of aliphatic imine (C=N–C) groups is 1. The summed E-state index contributed by atoms with van der Waals surface area (Å²) >= 11 is 1.91. The van der Waals surface area contributed by atoms with Gasteiger partial charge in [0, 0.05) is 30.3 Å². The molecule has 29 heavy (non-hydrogen) atoms. The van der Waals surface area contributed by atoms with Crippen LogP contribution in [0.5, 0.6) is 0 Å². The zero-order chi connectivity index (χ0) is 20.7. The van der Waals surface area contributed by atoms with Crippen molar-refractivity contribution in [2.75, 3.05) is 25.4 Å². The summed E-state index contributed by atoms with van der Waals surface area (Å²) in [6, 6.07) is 17.1. The van der Waals surface area contributed by atoms with Gasteiger partial charge in [0.1, 0.15) is 0 Å². The highest BCUT2D eigenvalue weighted by molar-refractivity contribution is 7.99. The Hall–Kier alpha value is -2.03. The Bertz CT molecular complexity index is 915. The molecule has 0 aliphatic carbocycles. The van der Waals surface area contributed by atoms with Crippen molar-refractivity contribution in [1.82, 2.24) is 10.2 Å². The Morgan fingerprint density at radius 1 is 1.21 bits per heavy atom. The van der Waals surface area contributed by atoms with E-state index in [-0.39, 0.29) is 4.90 Å². The smallest absolute Gasteiger partial charge is 0.238 e. The van der Waals surface area contributed by atoms with Gasteiger partial charge in [-0.15, -0.1) is 11.8 Å². The zero-order valence-electron chi connectivity index (χ0n) is 16.6. The van der Waals surface area contributed by atoms with Crippen LogP contribution in [0.15, 0.2) is 69.4 Å². The van der Waals surface area contributed by atoms with Crippen LogP contribution in [0.1, 0.15) is 18.9 Å². The van der Waals surface area contributed by atoms with Gasteiger partial charge < -0.3 is 10.2 Å². The van der Waals surface area contributed by atoms with E-state index in [0.717, 1.165) is 43.3 Å². The van der Waals surface area contributed by atoms with E-state index in [2.05, 4.69) is 41.4 Å². The first-order valence-corrected chi connectivity index (χ1v) is 12.3. The standard InChI is InChI=1S/C21H28N4O2S2/c1-2-23-21(24-14-17-8-10-20(11-9-17)29(22,26)27)25-13-12-18(15-25)16-28-19-6-4-3-5-7-19/h3-11,18H,2,12-16H2,1H3,(H,23,24)(H2,22,26,27). The molecule has 1 heterocycles. The minimum absolute atomic E-state index is 0.121. The summed E-state index contributed by atoms with van der Waals surface area (Å²) in [4.78, 5) is 8.51. The Labute approximate surface area is 177 Å². The van der Waals surface area contributed by atoms with Gasteiger partial charge in [0.25, 0.3) is 0 Å². The monoisotopic (exact) mass is 432 g/mol. The van der Waals surface area contributed by atoms with Gasteiger partial charge in [-0.1, -0.05) is 30.3 Å². The average Bonchev–Trinajstić information content (AvgIpc) is 3.19. The van der Waals surface area contributed by atoms with E-state index in [9.17, 15) is 8.42 Å². The van der Waals surface area contributed by atoms with Crippen LogP contribution in [-0.2, 0) is 16.6 Å². The highest BCUT2D eigenvalue weighted by Gasteiger charge is 2.24. The van der Waals surface area contributed by atoms with E-state index in [1.807, 2.05) is 17.8 Å². The van der Waals surface area contributed by atoms with Crippen molar-refractivity contribution in [1.29, 1.82) is 0 Å². The number of likely N-dealkylation sites (tertiary alicyclic amines) is 1. The Morgan fingerprint density at radius 2 is 1.93 bits per heavy atom. The van der Waals surface area contributed by atoms with Crippen molar-refractivity contribution in [2.24, 2.45) is 16.0 Å². The van der Waals surface area contributed by atoms with Crippen LogP contribution in [0, 0.1) is 5.92 Å². The second-order valence-electron chi connectivity index (χ2n) is 7.08. The van der Waals surface area contributed by atoms with Gasteiger partial charge in [-0.2, -0.15) is 0 Å². The molecule has 156 valence electrons. The van der Waals surface area contributed by atoms with Crippen LogP contribution < -0.4 is 10.5 Å². The number of hydrogen-bond donors (Lipinski definition) is 2. The maximum Gasteiger partial charge on any atom is 0.238 e. The van der Waals surface area contributed by atoms with E-state index < -0.39 is 10.0 Å². The molecule has 0 spiro atoms. The van der Waals surface area contributed by atoms with Crippen LogP contribution in [-0.4, -0.2) is 44.7 Å². The maximum absolute atomic E-state index is 11.4. The summed E-state index contributed by atoms with van der Waals surface area (Å²) in [5.74, 6) is 2.66. The first-order chi connectivity index (χ1) is 14.0. The molecule has 1 saturated heterocycles. The van der Waals surface area contributed by atoms with Crippen molar-refractivity contribution in [2.45, 2.75) is 29.7 Å². The first kappa shape index (κ1) is 21.7. The molecule has 0 bridgehead atoms. The van der Waals surface area contributed by atoms with E-state index in [4.69, 9.17) is 10.1 Å². The highest BCUT2D eigenvalue weighted by Crippen LogP contribution is 2.26. The minimum Gasteiger partial charge on any atom is -0.357 e. The zero-order valence-corrected chi connectivity index (χ0v) is 18.3. The molecule has 8 heteroatoms. The van der Waals surface area contributed by atoms with Crippen molar-refractivity contribution in [3.05, 3.63) is 60.2 Å². The largest absolute Gasteiger partial charge is 0.357 e. The fraction of sp³-hybridized carbons (Fsp3) is 0.381. The lowest BCUT2D eigenvalue weighted by Gasteiger charge is -2.21. The molecule has 2 aromatic carbocycles. The van der Waals surface area contributed by atoms with Crippen molar-refractivity contribution >= 4 is 27.7 Å². The van der Waals surface area contributed by atoms with E-state index in [0.29, 0.717) is 12.5 Å². The maximum atomic E-state index is 11.4. The van der Waals surface area contributed by atoms with Gasteiger partial charge in [-0.3, -0.25) is 0 Å². The number of hydrogen-bond acceptors (Lipinski definition) is 4.